The van der Waals surface area contributed by atoms with Crippen LogP contribution in [0.1, 0.15) is 23.1 Å². The average Bonchev–Trinajstić information content (AvgIpc) is 3.37. The molecule has 2 aromatic rings. The molecule has 4 nitrogen and oxygen atoms in total. The molecule has 2 atom stereocenters. The topological polar surface area (TPSA) is 58.2 Å². The third kappa shape index (κ3) is 3.82. The highest BCUT2D eigenvalue weighted by molar-refractivity contribution is 5.99. The molecule has 0 aromatic heterocycles. The summed E-state index contributed by atoms with van der Waals surface area (Å²) < 4.78 is 0. The van der Waals surface area contributed by atoms with Gasteiger partial charge in [-0.15, -0.1) is 0 Å². The summed E-state index contributed by atoms with van der Waals surface area (Å²) in [6, 6.07) is 15.7. The van der Waals surface area contributed by atoms with E-state index in [0.717, 1.165) is 22.4 Å². The fourth-order valence-electron chi connectivity index (χ4n) is 2.87. The van der Waals surface area contributed by atoms with Gasteiger partial charge in [0.05, 0.1) is 11.8 Å². The zero-order chi connectivity index (χ0) is 17.1. The predicted molar refractivity (Wildman–Crippen MR) is 94.4 cm³/mol. The molecule has 1 aliphatic rings. The Balaban J connectivity index is 1.51. The van der Waals surface area contributed by atoms with Crippen LogP contribution in [0.5, 0.6) is 0 Å². The van der Waals surface area contributed by atoms with E-state index in [1.165, 1.54) is 0 Å². The van der Waals surface area contributed by atoms with Crippen molar-refractivity contribution in [3.63, 3.8) is 0 Å². The summed E-state index contributed by atoms with van der Waals surface area (Å²) in [5.74, 6) is -0.539. The van der Waals surface area contributed by atoms with Crippen LogP contribution in [0.25, 0.3) is 0 Å². The molecule has 1 fully saturated rings. The first-order valence-corrected chi connectivity index (χ1v) is 8.24. The number of hydrogen-bond donors (Lipinski definition) is 2. The van der Waals surface area contributed by atoms with E-state index in [4.69, 9.17) is 0 Å². The Bertz CT molecular complexity index is 755. The molecule has 2 N–H and O–H groups in total. The first-order valence-electron chi connectivity index (χ1n) is 8.24. The van der Waals surface area contributed by atoms with Gasteiger partial charge in [-0.1, -0.05) is 48.0 Å². The van der Waals surface area contributed by atoms with Gasteiger partial charge in [-0.05, 0) is 37.5 Å². The zero-order valence-corrected chi connectivity index (χ0v) is 14.0. The number of carbonyl (C=O) groups excluding carboxylic acids is 2. The maximum absolute atomic E-state index is 12.3. The second-order valence-corrected chi connectivity index (χ2v) is 6.46. The Labute approximate surface area is 142 Å². The van der Waals surface area contributed by atoms with Gasteiger partial charge in [-0.3, -0.25) is 9.59 Å². The Morgan fingerprint density at radius 3 is 2.42 bits per heavy atom. The van der Waals surface area contributed by atoms with Crippen LogP contribution in [0.4, 0.5) is 5.69 Å². The molecule has 0 radical (unpaired) electrons. The molecule has 2 aromatic carbocycles. The second kappa shape index (κ2) is 6.87. The molecule has 0 saturated heterocycles. The van der Waals surface area contributed by atoms with Crippen LogP contribution >= 0.6 is 0 Å². The highest BCUT2D eigenvalue weighted by Crippen LogP contribution is 2.39. The van der Waals surface area contributed by atoms with Crippen molar-refractivity contribution in [1.29, 1.82) is 0 Å². The molecule has 0 spiro atoms. The van der Waals surface area contributed by atoms with Crippen LogP contribution < -0.4 is 10.6 Å². The molecule has 0 aliphatic heterocycles. The molecule has 3 rings (SSSR count). The van der Waals surface area contributed by atoms with Gasteiger partial charge in [0, 0.05) is 12.2 Å². The summed E-state index contributed by atoms with van der Waals surface area (Å²) >= 11 is 0. The molecular weight excluding hydrogens is 300 g/mol. The molecule has 2 unspecified atom stereocenters. The lowest BCUT2D eigenvalue weighted by Crippen LogP contribution is -2.27. The normalized spacial score (nSPS) is 18.8. The number of amides is 2. The molecule has 124 valence electrons. The van der Waals surface area contributed by atoms with Gasteiger partial charge < -0.3 is 10.6 Å². The number of hydrogen-bond acceptors (Lipinski definition) is 2. The van der Waals surface area contributed by atoms with E-state index in [0.29, 0.717) is 13.0 Å². The summed E-state index contributed by atoms with van der Waals surface area (Å²) in [4.78, 5) is 24.5. The second-order valence-electron chi connectivity index (χ2n) is 6.46. The standard InChI is InChI=1S/C20H22N2O2/c1-13-8-9-18(14(2)10-13)22-20(24)17-11-16(17)19(23)21-12-15-6-4-3-5-7-15/h3-10,16-17H,11-12H2,1-2H3,(H,21,23)(H,22,24). The van der Waals surface area contributed by atoms with Crippen LogP contribution in [0.2, 0.25) is 0 Å². The first kappa shape index (κ1) is 16.2. The SMILES string of the molecule is Cc1ccc(NC(=O)C2CC2C(=O)NCc2ccccc2)c(C)c1. The van der Waals surface area contributed by atoms with Crippen LogP contribution in [0, 0.1) is 25.7 Å². The van der Waals surface area contributed by atoms with Gasteiger partial charge in [0.15, 0.2) is 0 Å². The predicted octanol–water partition coefficient (Wildman–Crippen LogP) is 3.19. The van der Waals surface area contributed by atoms with E-state index in [1.54, 1.807) is 0 Å². The number of anilines is 1. The third-order valence-electron chi connectivity index (χ3n) is 4.41. The van der Waals surface area contributed by atoms with Crippen LogP contribution in [0.15, 0.2) is 48.5 Å². The van der Waals surface area contributed by atoms with Crippen LogP contribution in [-0.2, 0) is 16.1 Å². The quantitative estimate of drug-likeness (QED) is 0.888. The molecule has 0 heterocycles. The summed E-state index contributed by atoms with van der Waals surface area (Å²) in [5.41, 5.74) is 4.08. The number of rotatable bonds is 5. The van der Waals surface area contributed by atoms with Crippen molar-refractivity contribution in [2.75, 3.05) is 5.32 Å². The summed E-state index contributed by atoms with van der Waals surface area (Å²) in [6.45, 7) is 4.49. The van der Waals surface area contributed by atoms with Gasteiger partial charge in [0.1, 0.15) is 0 Å². The maximum Gasteiger partial charge on any atom is 0.228 e. The van der Waals surface area contributed by atoms with Gasteiger partial charge in [0.25, 0.3) is 0 Å². The summed E-state index contributed by atoms with van der Waals surface area (Å²) in [7, 11) is 0. The molecular formula is C20H22N2O2. The maximum atomic E-state index is 12.3. The Hall–Kier alpha value is -2.62. The first-order chi connectivity index (χ1) is 11.5. The van der Waals surface area contributed by atoms with E-state index in [-0.39, 0.29) is 23.7 Å². The molecule has 1 aliphatic carbocycles. The van der Waals surface area contributed by atoms with E-state index in [1.807, 2.05) is 62.4 Å². The van der Waals surface area contributed by atoms with Gasteiger partial charge in [0.2, 0.25) is 11.8 Å². The lowest BCUT2D eigenvalue weighted by molar-refractivity contribution is -0.125. The van der Waals surface area contributed by atoms with E-state index in [2.05, 4.69) is 10.6 Å². The number of nitrogens with one attached hydrogen (secondary N) is 2. The minimum atomic E-state index is -0.221. The minimum Gasteiger partial charge on any atom is -0.352 e. The van der Waals surface area contributed by atoms with Gasteiger partial charge in [-0.25, -0.2) is 0 Å². The molecule has 1 saturated carbocycles. The summed E-state index contributed by atoms with van der Waals surface area (Å²) in [6.07, 6.45) is 0.622. The van der Waals surface area contributed by atoms with Gasteiger partial charge in [-0.2, -0.15) is 0 Å². The fourth-order valence-corrected chi connectivity index (χ4v) is 2.87. The smallest absolute Gasteiger partial charge is 0.228 e. The van der Waals surface area contributed by atoms with E-state index < -0.39 is 0 Å². The van der Waals surface area contributed by atoms with Crippen molar-refractivity contribution in [3.05, 3.63) is 65.2 Å². The van der Waals surface area contributed by atoms with Gasteiger partial charge >= 0.3 is 0 Å². The zero-order valence-electron chi connectivity index (χ0n) is 14.0. The largest absolute Gasteiger partial charge is 0.352 e. The van der Waals surface area contributed by atoms with Crippen molar-refractivity contribution in [2.24, 2.45) is 11.8 Å². The third-order valence-corrected chi connectivity index (χ3v) is 4.41. The molecule has 4 heteroatoms. The number of carbonyl (C=O) groups is 2. The highest BCUT2D eigenvalue weighted by atomic mass is 16.2. The Morgan fingerprint density at radius 1 is 1.00 bits per heavy atom. The van der Waals surface area contributed by atoms with Crippen molar-refractivity contribution < 1.29 is 9.59 Å². The number of benzene rings is 2. The molecule has 2 amide bonds. The monoisotopic (exact) mass is 322 g/mol. The lowest BCUT2D eigenvalue weighted by atomic mass is 10.1. The van der Waals surface area contributed by atoms with Crippen LogP contribution in [-0.4, -0.2) is 11.8 Å². The van der Waals surface area contributed by atoms with Crippen molar-refractivity contribution in [2.45, 2.75) is 26.8 Å². The molecule has 0 bridgehead atoms. The highest BCUT2D eigenvalue weighted by Gasteiger charge is 2.47. The van der Waals surface area contributed by atoms with E-state index in [9.17, 15) is 9.59 Å². The summed E-state index contributed by atoms with van der Waals surface area (Å²) in [5, 5.41) is 5.85. The number of aryl methyl sites for hydroxylation is 2. The van der Waals surface area contributed by atoms with E-state index >= 15 is 0 Å². The average molecular weight is 322 g/mol. The minimum absolute atomic E-state index is 0.0420. The Kier molecular flexibility index (Phi) is 4.65. The van der Waals surface area contributed by atoms with Crippen LogP contribution in [0.3, 0.4) is 0 Å². The van der Waals surface area contributed by atoms with Crippen molar-refractivity contribution in [1.82, 2.24) is 5.32 Å². The molecule has 24 heavy (non-hydrogen) atoms. The fraction of sp³-hybridized carbons (Fsp3) is 0.300. The Morgan fingerprint density at radius 2 is 1.71 bits per heavy atom. The lowest BCUT2D eigenvalue weighted by Gasteiger charge is -2.09. The van der Waals surface area contributed by atoms with Crippen molar-refractivity contribution in [3.8, 4) is 0 Å². The van der Waals surface area contributed by atoms with Crippen molar-refractivity contribution >= 4 is 17.5 Å².